The molecule has 2 N–H and O–H groups in total. The van der Waals surface area contributed by atoms with E-state index in [1.54, 1.807) is 18.2 Å². The summed E-state index contributed by atoms with van der Waals surface area (Å²) in [5.74, 6) is 0.995. The Bertz CT molecular complexity index is 1140. The molecule has 2 aliphatic rings. The number of H-pyrrole nitrogens is 1. The molecule has 34 heavy (non-hydrogen) atoms. The van der Waals surface area contributed by atoms with Crippen molar-refractivity contribution in [3.8, 4) is 0 Å². The molecule has 0 radical (unpaired) electrons. The first-order valence-electron chi connectivity index (χ1n) is 12.7. The second-order valence-corrected chi connectivity index (χ2v) is 9.98. The first-order chi connectivity index (χ1) is 16.6. The van der Waals surface area contributed by atoms with Gasteiger partial charge in [-0.3, -0.25) is 4.79 Å². The normalized spacial score (nSPS) is 22.4. The molecule has 0 bridgehead atoms. The Kier molecular flexibility index (Phi) is 7.10. The SMILES string of the molecule is O=C(/C=C/c1cccc(F)c1)NC1CCC(CN2CCC(c3c[nH]c4ccccc34)CC2)CC1. The van der Waals surface area contributed by atoms with Crippen molar-refractivity contribution in [3.63, 3.8) is 0 Å². The zero-order valence-electron chi connectivity index (χ0n) is 19.7. The van der Waals surface area contributed by atoms with E-state index >= 15 is 0 Å². The Morgan fingerprint density at radius 2 is 1.82 bits per heavy atom. The molecule has 2 fully saturated rings. The van der Waals surface area contributed by atoms with Crippen LogP contribution in [0.4, 0.5) is 4.39 Å². The van der Waals surface area contributed by atoms with Gasteiger partial charge in [-0.05, 0) is 98.9 Å². The Balaban J connectivity index is 1.04. The molecule has 4 nitrogen and oxygen atoms in total. The molecule has 1 amide bonds. The van der Waals surface area contributed by atoms with Gasteiger partial charge < -0.3 is 15.2 Å². The zero-order valence-corrected chi connectivity index (χ0v) is 19.7. The van der Waals surface area contributed by atoms with Gasteiger partial charge in [0.25, 0.3) is 0 Å². The quantitative estimate of drug-likeness (QED) is 0.453. The Morgan fingerprint density at radius 3 is 2.62 bits per heavy atom. The van der Waals surface area contributed by atoms with Gasteiger partial charge in [-0.1, -0.05) is 30.3 Å². The number of hydrogen-bond acceptors (Lipinski definition) is 2. The van der Waals surface area contributed by atoms with E-state index in [4.69, 9.17) is 0 Å². The summed E-state index contributed by atoms with van der Waals surface area (Å²) < 4.78 is 13.3. The summed E-state index contributed by atoms with van der Waals surface area (Å²) in [5.41, 5.74) is 3.43. The summed E-state index contributed by atoms with van der Waals surface area (Å²) >= 11 is 0. The van der Waals surface area contributed by atoms with E-state index < -0.39 is 0 Å². The molecule has 5 heteroatoms. The largest absolute Gasteiger partial charge is 0.361 e. The molecule has 2 aromatic carbocycles. The maximum Gasteiger partial charge on any atom is 0.244 e. The number of rotatable bonds is 6. The summed E-state index contributed by atoms with van der Waals surface area (Å²) in [6.07, 6.45) is 12.3. The average Bonchev–Trinajstić information content (AvgIpc) is 3.29. The number of hydrogen-bond donors (Lipinski definition) is 2. The number of likely N-dealkylation sites (tertiary alicyclic amines) is 1. The van der Waals surface area contributed by atoms with Gasteiger partial charge in [-0.15, -0.1) is 0 Å². The van der Waals surface area contributed by atoms with E-state index in [0.29, 0.717) is 11.5 Å². The summed E-state index contributed by atoms with van der Waals surface area (Å²) in [4.78, 5) is 18.4. The lowest BCUT2D eigenvalue weighted by molar-refractivity contribution is -0.117. The summed E-state index contributed by atoms with van der Waals surface area (Å²) in [7, 11) is 0. The van der Waals surface area contributed by atoms with Crippen LogP contribution in [0, 0.1) is 11.7 Å². The molecule has 3 aromatic rings. The molecule has 2 heterocycles. The number of nitrogens with zero attached hydrogens (tertiary/aromatic N) is 1. The second-order valence-electron chi connectivity index (χ2n) is 9.98. The summed E-state index contributed by atoms with van der Waals surface area (Å²) in [6, 6.07) is 15.1. The zero-order chi connectivity index (χ0) is 23.3. The van der Waals surface area contributed by atoms with Crippen molar-refractivity contribution in [1.82, 2.24) is 15.2 Å². The predicted octanol–water partition coefficient (Wildman–Crippen LogP) is 5.87. The van der Waals surface area contributed by atoms with E-state index in [0.717, 1.165) is 18.8 Å². The third-order valence-electron chi connectivity index (χ3n) is 7.63. The van der Waals surface area contributed by atoms with Crippen molar-refractivity contribution in [3.05, 3.63) is 77.7 Å². The van der Waals surface area contributed by atoms with Crippen molar-refractivity contribution in [2.75, 3.05) is 19.6 Å². The highest BCUT2D eigenvalue weighted by molar-refractivity contribution is 5.91. The fourth-order valence-electron chi connectivity index (χ4n) is 5.74. The highest BCUT2D eigenvalue weighted by Crippen LogP contribution is 2.34. The molecule has 1 aliphatic carbocycles. The van der Waals surface area contributed by atoms with Gasteiger partial charge in [0.1, 0.15) is 5.82 Å². The van der Waals surface area contributed by atoms with E-state index in [9.17, 15) is 9.18 Å². The van der Waals surface area contributed by atoms with Crippen LogP contribution >= 0.6 is 0 Å². The second kappa shape index (κ2) is 10.6. The first-order valence-corrected chi connectivity index (χ1v) is 12.7. The number of benzene rings is 2. The van der Waals surface area contributed by atoms with Crippen molar-refractivity contribution in [2.45, 2.75) is 50.5 Å². The van der Waals surface area contributed by atoms with E-state index in [1.807, 2.05) is 0 Å². The number of carbonyl (C=O) groups excluding carboxylic acids is 1. The lowest BCUT2D eigenvalue weighted by Crippen LogP contribution is -2.41. The molecular weight excluding hydrogens is 425 g/mol. The van der Waals surface area contributed by atoms with Crippen molar-refractivity contribution in [2.24, 2.45) is 5.92 Å². The first kappa shape index (κ1) is 22.9. The van der Waals surface area contributed by atoms with Gasteiger partial charge in [0, 0.05) is 35.8 Å². The van der Waals surface area contributed by atoms with E-state index in [-0.39, 0.29) is 17.8 Å². The number of carbonyl (C=O) groups is 1. The Hall–Kier alpha value is -2.92. The minimum absolute atomic E-state index is 0.0907. The monoisotopic (exact) mass is 459 g/mol. The smallest absolute Gasteiger partial charge is 0.244 e. The predicted molar refractivity (Wildman–Crippen MR) is 136 cm³/mol. The number of halogens is 1. The molecule has 1 saturated heterocycles. The fraction of sp³-hybridized carbons (Fsp3) is 0.414. The van der Waals surface area contributed by atoms with Crippen LogP contribution in [0.3, 0.4) is 0 Å². The molecular formula is C29H34FN3O. The van der Waals surface area contributed by atoms with Crippen molar-refractivity contribution < 1.29 is 9.18 Å². The summed E-state index contributed by atoms with van der Waals surface area (Å²) in [6.45, 7) is 3.53. The van der Waals surface area contributed by atoms with Crippen LogP contribution in [0.15, 0.2) is 60.8 Å². The Labute approximate surface area is 201 Å². The molecule has 0 atom stereocenters. The van der Waals surface area contributed by atoms with Gasteiger partial charge in [-0.25, -0.2) is 4.39 Å². The minimum Gasteiger partial charge on any atom is -0.361 e. The number of fused-ring (bicyclic) bond motifs is 1. The number of aromatic nitrogens is 1. The molecule has 178 valence electrons. The maximum atomic E-state index is 13.3. The van der Waals surface area contributed by atoms with E-state index in [1.165, 1.54) is 80.0 Å². The van der Waals surface area contributed by atoms with Crippen LogP contribution in [0.25, 0.3) is 17.0 Å². The van der Waals surface area contributed by atoms with Crippen LogP contribution in [0.2, 0.25) is 0 Å². The number of piperidine rings is 1. The van der Waals surface area contributed by atoms with Gasteiger partial charge in [0.05, 0.1) is 0 Å². The van der Waals surface area contributed by atoms with Crippen LogP contribution in [-0.4, -0.2) is 41.5 Å². The lowest BCUT2D eigenvalue weighted by Gasteiger charge is -2.36. The third kappa shape index (κ3) is 5.58. The van der Waals surface area contributed by atoms with Crippen LogP contribution in [-0.2, 0) is 4.79 Å². The third-order valence-corrected chi connectivity index (χ3v) is 7.63. The fourth-order valence-corrected chi connectivity index (χ4v) is 5.74. The van der Waals surface area contributed by atoms with Crippen molar-refractivity contribution in [1.29, 1.82) is 0 Å². The highest BCUT2D eigenvalue weighted by Gasteiger charge is 2.27. The van der Waals surface area contributed by atoms with Crippen LogP contribution in [0.5, 0.6) is 0 Å². The number of amides is 1. The molecule has 1 saturated carbocycles. The van der Waals surface area contributed by atoms with Gasteiger partial charge in [0.2, 0.25) is 5.91 Å². The molecule has 5 rings (SSSR count). The van der Waals surface area contributed by atoms with Crippen LogP contribution in [0.1, 0.15) is 55.6 Å². The minimum atomic E-state index is -0.289. The van der Waals surface area contributed by atoms with Crippen LogP contribution < -0.4 is 5.32 Å². The Morgan fingerprint density at radius 1 is 1.03 bits per heavy atom. The molecule has 0 unspecified atom stereocenters. The molecule has 0 spiro atoms. The van der Waals surface area contributed by atoms with Gasteiger partial charge in [0.15, 0.2) is 0 Å². The molecule has 1 aromatic heterocycles. The van der Waals surface area contributed by atoms with Gasteiger partial charge in [-0.2, -0.15) is 0 Å². The number of aromatic amines is 1. The lowest BCUT2D eigenvalue weighted by atomic mass is 9.84. The number of para-hydroxylation sites is 1. The van der Waals surface area contributed by atoms with Gasteiger partial charge >= 0.3 is 0 Å². The number of nitrogens with one attached hydrogen (secondary N) is 2. The molecule has 1 aliphatic heterocycles. The standard InChI is InChI=1S/C29H34FN3O/c30-24-5-3-4-21(18-24)10-13-29(34)32-25-11-8-22(9-12-25)20-33-16-14-23(15-17-33)27-19-31-28-7-2-1-6-26(27)28/h1-7,10,13,18-19,22-23,25,31H,8-9,11-12,14-17,20H2,(H,32,34)/b13-10+. The average molecular weight is 460 g/mol. The van der Waals surface area contributed by atoms with E-state index in [2.05, 4.69) is 45.7 Å². The van der Waals surface area contributed by atoms with Crippen molar-refractivity contribution >= 4 is 22.9 Å². The summed E-state index contributed by atoms with van der Waals surface area (Å²) in [5, 5.41) is 4.51. The topological polar surface area (TPSA) is 48.1 Å². The maximum absolute atomic E-state index is 13.3. The highest BCUT2D eigenvalue weighted by atomic mass is 19.1.